The van der Waals surface area contributed by atoms with Crippen LogP contribution in [0.15, 0.2) is 28.7 Å². The molecule has 0 radical (unpaired) electrons. The molecule has 0 aliphatic heterocycles. The monoisotopic (exact) mass is 345 g/mol. The summed E-state index contributed by atoms with van der Waals surface area (Å²) in [7, 11) is 0. The van der Waals surface area contributed by atoms with E-state index < -0.39 is 0 Å². The lowest BCUT2D eigenvalue weighted by molar-refractivity contribution is 0.233. The molecule has 1 aromatic carbocycles. The van der Waals surface area contributed by atoms with Gasteiger partial charge in [-0.2, -0.15) is 0 Å². The molecule has 2 N–H and O–H groups in total. The number of halogens is 1. The predicted molar refractivity (Wildman–Crippen MR) is 93.7 cm³/mol. The second kappa shape index (κ2) is 8.14. The van der Waals surface area contributed by atoms with Gasteiger partial charge in [0.25, 0.3) is 0 Å². The maximum atomic E-state index is 13.0. The van der Waals surface area contributed by atoms with Gasteiger partial charge in [0, 0.05) is 24.6 Å². The van der Waals surface area contributed by atoms with E-state index in [0.29, 0.717) is 30.7 Å². The number of nitrogens with zero attached hydrogens (tertiary/aromatic N) is 1. The second-order valence-electron chi connectivity index (χ2n) is 6.51. The maximum Gasteiger partial charge on any atom is 0.315 e. The summed E-state index contributed by atoms with van der Waals surface area (Å²) in [5, 5.41) is 5.91. The van der Waals surface area contributed by atoms with E-state index in [2.05, 4.69) is 15.6 Å². The van der Waals surface area contributed by atoms with Gasteiger partial charge in [-0.15, -0.1) is 0 Å². The van der Waals surface area contributed by atoms with E-state index in [9.17, 15) is 9.18 Å². The van der Waals surface area contributed by atoms with Gasteiger partial charge in [0.2, 0.25) is 5.89 Å². The fourth-order valence-electron chi connectivity index (χ4n) is 3.15. The zero-order valence-electron chi connectivity index (χ0n) is 14.5. The first-order chi connectivity index (χ1) is 12.1. The Bertz CT molecular complexity index is 706. The van der Waals surface area contributed by atoms with Crippen molar-refractivity contribution in [2.45, 2.75) is 51.5 Å². The highest BCUT2D eigenvalue weighted by molar-refractivity contribution is 5.74. The largest absolute Gasteiger partial charge is 0.441 e. The number of aryl methyl sites for hydroxylation is 1. The minimum absolute atomic E-state index is 0.119. The molecule has 2 amide bonds. The Morgan fingerprint density at radius 3 is 2.68 bits per heavy atom. The van der Waals surface area contributed by atoms with Gasteiger partial charge in [-0.1, -0.05) is 19.3 Å². The van der Waals surface area contributed by atoms with Gasteiger partial charge in [0.1, 0.15) is 11.6 Å². The van der Waals surface area contributed by atoms with E-state index >= 15 is 0 Å². The molecule has 25 heavy (non-hydrogen) atoms. The van der Waals surface area contributed by atoms with Gasteiger partial charge in [-0.3, -0.25) is 0 Å². The Kier molecular flexibility index (Phi) is 5.68. The lowest BCUT2D eigenvalue weighted by Crippen LogP contribution is -2.43. The zero-order chi connectivity index (χ0) is 17.6. The molecule has 0 saturated heterocycles. The smallest absolute Gasteiger partial charge is 0.315 e. The molecule has 134 valence electrons. The van der Waals surface area contributed by atoms with Crippen molar-refractivity contribution in [3.63, 3.8) is 0 Å². The van der Waals surface area contributed by atoms with Crippen molar-refractivity contribution in [2.75, 3.05) is 6.54 Å². The fourth-order valence-corrected chi connectivity index (χ4v) is 3.15. The number of carbonyl (C=O) groups is 1. The number of rotatable bonds is 5. The summed E-state index contributed by atoms with van der Waals surface area (Å²) in [6.45, 7) is 2.34. The SMILES string of the molecule is Cc1oc(-c2ccc(F)cc2)nc1CCNC(=O)NC1CCCCC1. The van der Waals surface area contributed by atoms with E-state index in [-0.39, 0.29) is 11.8 Å². The van der Waals surface area contributed by atoms with E-state index in [4.69, 9.17) is 4.42 Å². The first-order valence-corrected chi connectivity index (χ1v) is 8.88. The number of oxazole rings is 1. The highest BCUT2D eigenvalue weighted by Crippen LogP contribution is 2.22. The first kappa shape index (κ1) is 17.5. The Morgan fingerprint density at radius 1 is 1.24 bits per heavy atom. The Labute approximate surface area is 147 Å². The minimum Gasteiger partial charge on any atom is -0.441 e. The lowest BCUT2D eigenvalue weighted by Gasteiger charge is -2.22. The number of urea groups is 1. The summed E-state index contributed by atoms with van der Waals surface area (Å²) >= 11 is 0. The Hall–Kier alpha value is -2.37. The summed E-state index contributed by atoms with van der Waals surface area (Å²) in [5.74, 6) is 0.897. The molecule has 1 aliphatic carbocycles. The third-order valence-corrected chi connectivity index (χ3v) is 4.57. The summed E-state index contributed by atoms with van der Waals surface area (Å²) in [5.41, 5.74) is 1.54. The fraction of sp³-hybridized carbons (Fsp3) is 0.474. The molecule has 1 heterocycles. The van der Waals surface area contributed by atoms with Gasteiger partial charge in [-0.05, 0) is 44.0 Å². The zero-order valence-corrected chi connectivity index (χ0v) is 14.5. The van der Waals surface area contributed by atoms with Crippen LogP contribution in [-0.4, -0.2) is 23.6 Å². The van der Waals surface area contributed by atoms with Gasteiger partial charge in [0.05, 0.1) is 5.69 Å². The molecule has 5 nitrogen and oxygen atoms in total. The molecule has 1 saturated carbocycles. The van der Waals surface area contributed by atoms with Gasteiger partial charge >= 0.3 is 6.03 Å². The Balaban J connectivity index is 1.49. The van der Waals surface area contributed by atoms with Crippen molar-refractivity contribution in [2.24, 2.45) is 0 Å². The van der Waals surface area contributed by atoms with E-state index in [1.165, 1.54) is 31.4 Å². The number of hydrogen-bond donors (Lipinski definition) is 2. The third-order valence-electron chi connectivity index (χ3n) is 4.57. The van der Waals surface area contributed by atoms with Crippen molar-refractivity contribution in [3.05, 3.63) is 41.5 Å². The Morgan fingerprint density at radius 2 is 1.96 bits per heavy atom. The first-order valence-electron chi connectivity index (χ1n) is 8.88. The molecule has 0 unspecified atom stereocenters. The third kappa shape index (κ3) is 4.81. The number of carbonyl (C=O) groups excluding carboxylic acids is 1. The quantitative estimate of drug-likeness (QED) is 0.862. The summed E-state index contributed by atoms with van der Waals surface area (Å²) in [6, 6.07) is 6.22. The van der Waals surface area contributed by atoms with Gasteiger partial charge in [-0.25, -0.2) is 14.2 Å². The average Bonchev–Trinajstić information content (AvgIpc) is 2.97. The summed E-state index contributed by atoms with van der Waals surface area (Å²) in [6.07, 6.45) is 6.37. The topological polar surface area (TPSA) is 67.2 Å². The minimum atomic E-state index is -0.291. The van der Waals surface area contributed by atoms with Crippen LogP contribution in [0.1, 0.15) is 43.6 Å². The highest BCUT2D eigenvalue weighted by atomic mass is 19.1. The number of amides is 2. The summed E-state index contributed by atoms with van der Waals surface area (Å²) < 4.78 is 18.7. The van der Waals surface area contributed by atoms with E-state index in [1.807, 2.05) is 6.92 Å². The highest BCUT2D eigenvalue weighted by Gasteiger charge is 2.16. The predicted octanol–water partition coefficient (Wildman–Crippen LogP) is 3.96. The molecule has 6 heteroatoms. The molecule has 2 aromatic rings. The molecule has 0 bridgehead atoms. The van der Waals surface area contributed by atoms with Crippen LogP contribution in [-0.2, 0) is 6.42 Å². The van der Waals surface area contributed by atoms with Crippen LogP contribution in [0.25, 0.3) is 11.5 Å². The molecule has 1 aliphatic rings. The van der Waals surface area contributed by atoms with Crippen LogP contribution in [0.5, 0.6) is 0 Å². The molecule has 0 spiro atoms. The molecule has 1 fully saturated rings. The molecule has 1 aromatic heterocycles. The van der Waals surface area contributed by atoms with Crippen molar-refractivity contribution >= 4 is 6.03 Å². The summed E-state index contributed by atoms with van der Waals surface area (Å²) in [4.78, 5) is 16.4. The van der Waals surface area contributed by atoms with Gasteiger partial charge < -0.3 is 15.1 Å². The number of nitrogens with one attached hydrogen (secondary N) is 2. The normalized spacial score (nSPS) is 15.1. The standard InChI is InChI=1S/C19H24FN3O2/c1-13-17(23-18(25-13)14-7-9-15(20)10-8-14)11-12-21-19(24)22-16-5-3-2-4-6-16/h7-10,16H,2-6,11-12H2,1H3,(H2,21,22,24). The lowest BCUT2D eigenvalue weighted by atomic mass is 9.96. The van der Waals surface area contributed by atoms with Crippen LogP contribution in [0.3, 0.4) is 0 Å². The maximum absolute atomic E-state index is 13.0. The number of hydrogen-bond acceptors (Lipinski definition) is 3. The molecule has 0 atom stereocenters. The van der Waals surface area contributed by atoms with E-state index in [0.717, 1.165) is 24.1 Å². The van der Waals surface area contributed by atoms with Crippen LogP contribution >= 0.6 is 0 Å². The van der Waals surface area contributed by atoms with Crippen molar-refractivity contribution in [3.8, 4) is 11.5 Å². The van der Waals surface area contributed by atoms with Crippen LogP contribution in [0.2, 0.25) is 0 Å². The van der Waals surface area contributed by atoms with Crippen molar-refractivity contribution < 1.29 is 13.6 Å². The van der Waals surface area contributed by atoms with Crippen LogP contribution < -0.4 is 10.6 Å². The van der Waals surface area contributed by atoms with Crippen LogP contribution in [0.4, 0.5) is 9.18 Å². The molecular weight excluding hydrogens is 321 g/mol. The molecular formula is C19H24FN3O2. The average molecular weight is 345 g/mol. The van der Waals surface area contributed by atoms with Crippen molar-refractivity contribution in [1.29, 1.82) is 0 Å². The van der Waals surface area contributed by atoms with Gasteiger partial charge in [0.15, 0.2) is 0 Å². The number of aromatic nitrogens is 1. The van der Waals surface area contributed by atoms with Crippen LogP contribution in [0, 0.1) is 12.7 Å². The van der Waals surface area contributed by atoms with Crippen molar-refractivity contribution in [1.82, 2.24) is 15.6 Å². The number of benzene rings is 1. The van der Waals surface area contributed by atoms with E-state index in [1.54, 1.807) is 12.1 Å². The second-order valence-corrected chi connectivity index (χ2v) is 6.51. The molecule has 3 rings (SSSR count).